The molecule has 0 unspecified atom stereocenters. The van der Waals surface area contributed by atoms with Crippen LogP contribution in [0, 0.1) is 6.92 Å². The van der Waals surface area contributed by atoms with E-state index >= 15 is 0 Å². The van der Waals surface area contributed by atoms with Crippen LogP contribution in [-0.4, -0.2) is 18.2 Å². The maximum Gasteiger partial charge on any atom is 0.314 e. The number of aliphatic carboxylic acids is 1. The highest BCUT2D eigenvalue weighted by Gasteiger charge is 2.43. The van der Waals surface area contributed by atoms with Crippen molar-refractivity contribution >= 4 is 5.97 Å². The molecule has 1 aromatic carbocycles. The van der Waals surface area contributed by atoms with Gasteiger partial charge in [-0.1, -0.05) is 46.1 Å². The van der Waals surface area contributed by atoms with Crippen molar-refractivity contribution < 1.29 is 14.6 Å². The molecule has 2 rings (SSSR count). The normalized spacial score (nSPS) is 18.0. The van der Waals surface area contributed by atoms with E-state index in [-0.39, 0.29) is 5.41 Å². The first-order chi connectivity index (χ1) is 10.2. The van der Waals surface area contributed by atoms with Gasteiger partial charge in [0.15, 0.2) is 0 Å². The minimum Gasteiger partial charge on any atom is -0.496 e. The molecule has 3 heteroatoms. The zero-order valence-electron chi connectivity index (χ0n) is 14.5. The molecule has 0 heterocycles. The Bertz CT molecular complexity index is 561. The molecule has 1 aliphatic carbocycles. The molecule has 0 spiro atoms. The number of carbonyl (C=O) groups is 1. The Hall–Kier alpha value is -1.51. The van der Waals surface area contributed by atoms with Crippen LogP contribution in [0.5, 0.6) is 5.75 Å². The lowest BCUT2D eigenvalue weighted by Crippen LogP contribution is -2.38. The van der Waals surface area contributed by atoms with E-state index in [1.54, 1.807) is 7.11 Å². The molecule has 0 aliphatic heterocycles. The molecule has 1 aromatic rings. The zero-order chi connectivity index (χ0) is 16.5. The fraction of sp³-hybridized carbons (Fsp3) is 0.632. The number of ether oxygens (including phenoxy) is 1. The minimum absolute atomic E-state index is 0.0302. The van der Waals surface area contributed by atoms with Crippen molar-refractivity contribution in [1.29, 1.82) is 0 Å². The van der Waals surface area contributed by atoms with Gasteiger partial charge < -0.3 is 9.84 Å². The van der Waals surface area contributed by atoms with Gasteiger partial charge in [0.2, 0.25) is 0 Å². The highest BCUT2D eigenvalue weighted by Crippen LogP contribution is 2.44. The predicted molar refractivity (Wildman–Crippen MR) is 88.8 cm³/mol. The van der Waals surface area contributed by atoms with Crippen molar-refractivity contribution in [3.05, 3.63) is 28.8 Å². The number of methoxy groups -OCH3 is 1. The predicted octanol–water partition coefficient (Wildman–Crippen LogP) is 4.59. The third-order valence-corrected chi connectivity index (χ3v) is 4.99. The summed E-state index contributed by atoms with van der Waals surface area (Å²) in [6.07, 6.45) is 4.54. The third kappa shape index (κ3) is 2.86. The van der Waals surface area contributed by atoms with Crippen LogP contribution < -0.4 is 4.74 Å². The van der Waals surface area contributed by atoms with Gasteiger partial charge in [-0.3, -0.25) is 4.79 Å². The van der Waals surface area contributed by atoms with Crippen LogP contribution in [0.4, 0.5) is 0 Å². The lowest BCUT2D eigenvalue weighted by molar-refractivity contribution is -0.145. The second-order valence-electron chi connectivity index (χ2n) is 7.57. The van der Waals surface area contributed by atoms with E-state index in [4.69, 9.17) is 4.74 Å². The second kappa shape index (κ2) is 5.94. The van der Waals surface area contributed by atoms with Crippen molar-refractivity contribution in [2.24, 2.45) is 0 Å². The van der Waals surface area contributed by atoms with Crippen LogP contribution in [-0.2, 0) is 15.6 Å². The molecule has 3 nitrogen and oxygen atoms in total. The first kappa shape index (κ1) is 16.9. The summed E-state index contributed by atoms with van der Waals surface area (Å²) in [7, 11) is 1.66. The van der Waals surface area contributed by atoms with Gasteiger partial charge in [-0.25, -0.2) is 0 Å². The van der Waals surface area contributed by atoms with Gasteiger partial charge in [-0.05, 0) is 47.9 Å². The van der Waals surface area contributed by atoms with Crippen molar-refractivity contribution in [2.75, 3.05) is 7.11 Å². The smallest absolute Gasteiger partial charge is 0.314 e. The molecule has 0 atom stereocenters. The van der Waals surface area contributed by atoms with Crippen molar-refractivity contribution in [2.45, 2.75) is 70.6 Å². The quantitative estimate of drug-likeness (QED) is 0.888. The highest BCUT2D eigenvalue weighted by molar-refractivity contribution is 5.82. The van der Waals surface area contributed by atoms with Crippen molar-refractivity contribution in [1.82, 2.24) is 0 Å². The third-order valence-electron chi connectivity index (χ3n) is 4.99. The average molecular weight is 304 g/mol. The van der Waals surface area contributed by atoms with E-state index in [0.29, 0.717) is 0 Å². The molecule has 0 bridgehead atoms. The van der Waals surface area contributed by atoms with E-state index in [0.717, 1.165) is 54.5 Å². The molecular formula is C19H28O3. The zero-order valence-corrected chi connectivity index (χ0v) is 14.5. The standard InChI is InChI=1S/C19H28O3/c1-13-11-15(18(2,3)4)16(22-5)12-14(13)19(17(20)21)9-7-6-8-10-19/h11-12H,6-10H2,1-5H3,(H,20,21). The molecule has 1 N–H and O–H groups in total. The van der Waals surface area contributed by atoms with Gasteiger partial charge in [-0.15, -0.1) is 0 Å². The Morgan fingerprint density at radius 3 is 2.23 bits per heavy atom. The summed E-state index contributed by atoms with van der Waals surface area (Å²) in [4.78, 5) is 12.1. The van der Waals surface area contributed by atoms with Crippen LogP contribution in [0.3, 0.4) is 0 Å². The fourth-order valence-electron chi connectivity index (χ4n) is 3.71. The Morgan fingerprint density at radius 2 is 1.77 bits per heavy atom. The summed E-state index contributed by atoms with van der Waals surface area (Å²) in [6, 6.07) is 4.10. The van der Waals surface area contributed by atoms with Crippen LogP contribution in [0.1, 0.15) is 69.6 Å². The molecule has 1 aliphatic rings. The molecule has 1 fully saturated rings. The van der Waals surface area contributed by atoms with Crippen LogP contribution in [0.2, 0.25) is 0 Å². The lowest BCUT2D eigenvalue weighted by Gasteiger charge is -2.36. The van der Waals surface area contributed by atoms with E-state index in [9.17, 15) is 9.90 Å². The number of aryl methyl sites for hydroxylation is 1. The van der Waals surface area contributed by atoms with Crippen LogP contribution in [0.25, 0.3) is 0 Å². The summed E-state index contributed by atoms with van der Waals surface area (Å²) >= 11 is 0. The van der Waals surface area contributed by atoms with Gasteiger partial charge in [0.25, 0.3) is 0 Å². The number of carboxylic acid groups (broad SMARTS) is 1. The first-order valence-corrected chi connectivity index (χ1v) is 8.15. The van der Waals surface area contributed by atoms with E-state index in [2.05, 4.69) is 26.8 Å². The molecule has 22 heavy (non-hydrogen) atoms. The van der Waals surface area contributed by atoms with Gasteiger partial charge in [0.1, 0.15) is 5.75 Å². The molecule has 0 aromatic heterocycles. The monoisotopic (exact) mass is 304 g/mol. The molecule has 1 saturated carbocycles. The lowest BCUT2D eigenvalue weighted by atomic mass is 9.67. The Balaban J connectivity index is 2.62. The van der Waals surface area contributed by atoms with Gasteiger partial charge in [0, 0.05) is 0 Å². The number of hydrogen-bond donors (Lipinski definition) is 1. The Labute approximate surface area is 133 Å². The maximum atomic E-state index is 12.1. The van der Waals surface area contributed by atoms with E-state index < -0.39 is 11.4 Å². The van der Waals surface area contributed by atoms with E-state index in [1.807, 2.05) is 13.0 Å². The van der Waals surface area contributed by atoms with Crippen LogP contribution >= 0.6 is 0 Å². The summed E-state index contributed by atoms with van der Waals surface area (Å²) in [6.45, 7) is 8.48. The second-order valence-corrected chi connectivity index (χ2v) is 7.57. The summed E-state index contributed by atoms with van der Waals surface area (Å²) in [5.41, 5.74) is 2.36. The van der Waals surface area contributed by atoms with Gasteiger partial charge >= 0.3 is 5.97 Å². The van der Waals surface area contributed by atoms with Gasteiger partial charge in [0.05, 0.1) is 12.5 Å². The Kier molecular flexibility index (Phi) is 4.55. The number of hydrogen-bond acceptors (Lipinski definition) is 2. The average Bonchev–Trinajstić information content (AvgIpc) is 2.46. The summed E-state index contributed by atoms with van der Waals surface area (Å²) in [5.74, 6) is 0.111. The van der Waals surface area contributed by atoms with Gasteiger partial charge in [-0.2, -0.15) is 0 Å². The molecule has 122 valence electrons. The molecule has 0 amide bonds. The fourth-order valence-corrected chi connectivity index (χ4v) is 3.71. The SMILES string of the molecule is COc1cc(C2(C(=O)O)CCCCC2)c(C)cc1C(C)(C)C. The van der Waals surface area contributed by atoms with E-state index in [1.165, 1.54) is 0 Å². The summed E-state index contributed by atoms with van der Waals surface area (Å²) < 4.78 is 5.59. The molecule has 0 radical (unpaired) electrons. The number of benzene rings is 1. The topological polar surface area (TPSA) is 46.5 Å². The first-order valence-electron chi connectivity index (χ1n) is 8.15. The largest absolute Gasteiger partial charge is 0.496 e. The number of rotatable bonds is 3. The highest BCUT2D eigenvalue weighted by atomic mass is 16.5. The van der Waals surface area contributed by atoms with Crippen molar-refractivity contribution in [3.63, 3.8) is 0 Å². The number of carboxylic acids is 1. The molecular weight excluding hydrogens is 276 g/mol. The van der Waals surface area contributed by atoms with Crippen molar-refractivity contribution in [3.8, 4) is 5.75 Å². The molecule has 0 saturated heterocycles. The van der Waals surface area contributed by atoms with Crippen LogP contribution in [0.15, 0.2) is 12.1 Å². The minimum atomic E-state index is -0.744. The maximum absolute atomic E-state index is 12.1. The summed E-state index contributed by atoms with van der Waals surface area (Å²) in [5, 5.41) is 9.92. The Morgan fingerprint density at radius 1 is 1.18 bits per heavy atom.